The summed E-state index contributed by atoms with van der Waals surface area (Å²) in [4.78, 5) is 11.2. The zero-order valence-corrected chi connectivity index (χ0v) is 9.68. The van der Waals surface area contributed by atoms with Crippen LogP contribution in [0.3, 0.4) is 0 Å². The molecular weight excluding hydrogens is 202 g/mol. The van der Waals surface area contributed by atoms with Crippen LogP contribution in [0.4, 0.5) is 0 Å². The van der Waals surface area contributed by atoms with Crippen LogP contribution in [0, 0.1) is 11.8 Å². The van der Waals surface area contributed by atoms with Crippen LogP contribution in [0.15, 0.2) is 0 Å². The summed E-state index contributed by atoms with van der Waals surface area (Å²) in [5.74, 6) is 0.670. The van der Waals surface area contributed by atoms with Gasteiger partial charge >= 0.3 is 5.97 Å². The number of nitrogens with two attached hydrogens (primary N) is 1. The molecule has 0 aromatic carbocycles. The molecule has 1 rings (SSSR count). The largest absolute Gasteiger partial charge is 0.469 e. The van der Waals surface area contributed by atoms with Crippen LogP contribution in [-0.2, 0) is 9.53 Å². The second-order valence-electron chi connectivity index (χ2n) is 3.99. The summed E-state index contributed by atoms with van der Waals surface area (Å²) in [5, 5.41) is 0. The molecule has 2 N–H and O–H groups in total. The standard InChI is InChI=1S/C10H19NO2.ClH/c1-7(11)8-3-5-9(6-4-8)10(12)13-2;/h7-9H,3-6,11H2,1-2H3;1H. The van der Waals surface area contributed by atoms with Crippen LogP contribution in [0.2, 0.25) is 0 Å². The third-order valence-electron chi connectivity index (χ3n) is 3.05. The summed E-state index contributed by atoms with van der Waals surface area (Å²) < 4.78 is 4.72. The fourth-order valence-electron chi connectivity index (χ4n) is 2.05. The molecule has 1 aliphatic carbocycles. The molecule has 1 unspecified atom stereocenters. The molecule has 0 aromatic heterocycles. The van der Waals surface area contributed by atoms with Gasteiger partial charge in [-0.3, -0.25) is 4.79 Å². The summed E-state index contributed by atoms with van der Waals surface area (Å²) in [7, 11) is 1.46. The lowest BCUT2D eigenvalue weighted by Crippen LogP contribution is -2.32. The van der Waals surface area contributed by atoms with E-state index in [4.69, 9.17) is 10.5 Å². The fourth-order valence-corrected chi connectivity index (χ4v) is 2.05. The van der Waals surface area contributed by atoms with Gasteiger partial charge in [-0.1, -0.05) is 0 Å². The molecule has 0 aromatic rings. The predicted octanol–water partition coefficient (Wildman–Crippen LogP) is 1.73. The molecule has 0 amide bonds. The van der Waals surface area contributed by atoms with Crippen molar-refractivity contribution in [2.45, 2.75) is 38.6 Å². The molecule has 0 heterocycles. The van der Waals surface area contributed by atoms with Crippen molar-refractivity contribution in [3.05, 3.63) is 0 Å². The van der Waals surface area contributed by atoms with Crippen LogP contribution < -0.4 is 5.73 Å². The molecule has 1 atom stereocenters. The van der Waals surface area contributed by atoms with E-state index in [1.807, 2.05) is 6.92 Å². The molecule has 1 fully saturated rings. The zero-order valence-electron chi connectivity index (χ0n) is 8.86. The van der Waals surface area contributed by atoms with Gasteiger partial charge in [-0.2, -0.15) is 0 Å². The highest BCUT2D eigenvalue weighted by Crippen LogP contribution is 2.30. The highest BCUT2D eigenvalue weighted by molar-refractivity contribution is 5.85. The van der Waals surface area contributed by atoms with Crippen molar-refractivity contribution in [3.63, 3.8) is 0 Å². The monoisotopic (exact) mass is 221 g/mol. The topological polar surface area (TPSA) is 52.3 Å². The maximum absolute atomic E-state index is 11.2. The number of methoxy groups -OCH3 is 1. The van der Waals surface area contributed by atoms with Gasteiger partial charge in [0.2, 0.25) is 0 Å². The van der Waals surface area contributed by atoms with Gasteiger partial charge in [0.05, 0.1) is 13.0 Å². The van der Waals surface area contributed by atoms with E-state index in [0.29, 0.717) is 5.92 Å². The summed E-state index contributed by atoms with van der Waals surface area (Å²) >= 11 is 0. The highest BCUT2D eigenvalue weighted by atomic mass is 35.5. The molecule has 0 radical (unpaired) electrons. The number of hydrogen-bond donors (Lipinski definition) is 1. The first-order chi connectivity index (χ1) is 6.15. The molecule has 4 heteroatoms. The summed E-state index contributed by atoms with van der Waals surface area (Å²) in [6.45, 7) is 2.04. The second kappa shape index (κ2) is 6.25. The average Bonchev–Trinajstić information content (AvgIpc) is 2.17. The van der Waals surface area contributed by atoms with Crippen LogP contribution in [-0.4, -0.2) is 19.1 Å². The molecule has 1 saturated carbocycles. The number of ether oxygens (including phenoxy) is 1. The van der Waals surface area contributed by atoms with Crippen molar-refractivity contribution in [1.82, 2.24) is 0 Å². The van der Waals surface area contributed by atoms with E-state index in [2.05, 4.69) is 0 Å². The summed E-state index contributed by atoms with van der Waals surface area (Å²) in [6.07, 6.45) is 4.02. The number of rotatable bonds is 2. The number of hydrogen-bond acceptors (Lipinski definition) is 3. The maximum Gasteiger partial charge on any atom is 0.308 e. The lowest BCUT2D eigenvalue weighted by atomic mass is 9.79. The molecule has 84 valence electrons. The maximum atomic E-state index is 11.2. The highest BCUT2D eigenvalue weighted by Gasteiger charge is 2.28. The van der Waals surface area contributed by atoms with Gasteiger partial charge in [0.25, 0.3) is 0 Å². The van der Waals surface area contributed by atoms with E-state index < -0.39 is 0 Å². The van der Waals surface area contributed by atoms with Gasteiger partial charge in [-0.25, -0.2) is 0 Å². The van der Waals surface area contributed by atoms with E-state index in [9.17, 15) is 4.79 Å². The molecule has 1 aliphatic rings. The lowest BCUT2D eigenvalue weighted by molar-refractivity contribution is -0.146. The first kappa shape index (κ1) is 13.7. The molecule has 0 bridgehead atoms. The number of carbonyl (C=O) groups excluding carboxylic acids is 1. The lowest BCUT2D eigenvalue weighted by Gasteiger charge is -2.29. The fraction of sp³-hybridized carbons (Fsp3) is 0.900. The minimum atomic E-state index is -0.0527. The number of carbonyl (C=O) groups is 1. The molecular formula is C10H20ClNO2. The van der Waals surface area contributed by atoms with Gasteiger partial charge in [-0.05, 0) is 38.5 Å². The van der Waals surface area contributed by atoms with E-state index in [-0.39, 0.29) is 30.3 Å². The Balaban J connectivity index is 0.00000169. The minimum absolute atomic E-state index is 0. The Morgan fingerprint density at radius 1 is 1.36 bits per heavy atom. The second-order valence-corrected chi connectivity index (χ2v) is 3.99. The summed E-state index contributed by atoms with van der Waals surface area (Å²) in [5.41, 5.74) is 5.81. The van der Waals surface area contributed by atoms with Gasteiger partial charge in [0, 0.05) is 6.04 Å². The van der Waals surface area contributed by atoms with E-state index in [0.717, 1.165) is 25.7 Å². The molecule has 0 spiro atoms. The predicted molar refractivity (Wildman–Crippen MR) is 58.4 cm³/mol. The Morgan fingerprint density at radius 2 is 1.86 bits per heavy atom. The Kier molecular flexibility index (Phi) is 6.12. The smallest absolute Gasteiger partial charge is 0.308 e. The minimum Gasteiger partial charge on any atom is -0.469 e. The third-order valence-corrected chi connectivity index (χ3v) is 3.05. The molecule has 3 nitrogen and oxygen atoms in total. The van der Waals surface area contributed by atoms with Crippen LogP contribution in [0.25, 0.3) is 0 Å². The van der Waals surface area contributed by atoms with Gasteiger partial charge in [0.15, 0.2) is 0 Å². The van der Waals surface area contributed by atoms with Crippen molar-refractivity contribution >= 4 is 18.4 Å². The SMILES string of the molecule is COC(=O)C1CCC(C(C)N)CC1.Cl. The number of halogens is 1. The Hall–Kier alpha value is -0.280. The van der Waals surface area contributed by atoms with Crippen molar-refractivity contribution in [2.24, 2.45) is 17.6 Å². The zero-order chi connectivity index (χ0) is 9.84. The third kappa shape index (κ3) is 3.46. The van der Waals surface area contributed by atoms with E-state index in [1.54, 1.807) is 0 Å². The first-order valence-corrected chi connectivity index (χ1v) is 4.98. The molecule has 14 heavy (non-hydrogen) atoms. The van der Waals surface area contributed by atoms with Gasteiger partial charge in [0.1, 0.15) is 0 Å². The molecule has 0 saturated heterocycles. The van der Waals surface area contributed by atoms with Crippen LogP contribution in [0.5, 0.6) is 0 Å². The van der Waals surface area contributed by atoms with Crippen molar-refractivity contribution in [1.29, 1.82) is 0 Å². The van der Waals surface area contributed by atoms with Crippen molar-refractivity contribution < 1.29 is 9.53 Å². The Bertz CT molecular complexity index is 177. The van der Waals surface area contributed by atoms with E-state index in [1.165, 1.54) is 7.11 Å². The van der Waals surface area contributed by atoms with E-state index >= 15 is 0 Å². The Morgan fingerprint density at radius 3 is 2.21 bits per heavy atom. The van der Waals surface area contributed by atoms with Crippen LogP contribution in [0.1, 0.15) is 32.6 Å². The number of esters is 1. The average molecular weight is 222 g/mol. The van der Waals surface area contributed by atoms with Crippen LogP contribution >= 0.6 is 12.4 Å². The van der Waals surface area contributed by atoms with Crippen molar-refractivity contribution in [3.8, 4) is 0 Å². The van der Waals surface area contributed by atoms with Gasteiger partial charge in [-0.15, -0.1) is 12.4 Å². The quantitative estimate of drug-likeness (QED) is 0.723. The first-order valence-electron chi connectivity index (χ1n) is 4.98. The van der Waals surface area contributed by atoms with Crippen molar-refractivity contribution in [2.75, 3.05) is 7.11 Å². The normalized spacial score (nSPS) is 28.8. The molecule has 0 aliphatic heterocycles. The Labute approximate surface area is 91.8 Å². The van der Waals surface area contributed by atoms with Gasteiger partial charge < -0.3 is 10.5 Å². The summed E-state index contributed by atoms with van der Waals surface area (Å²) in [6, 6.07) is 0.263.